The standard InChI is InChI=1S/C17H25FN2O3.ClH/c1-20(16(21)17(22-2)8-10-19-11-9-17)12-3-13-23-15-6-4-14(18)5-7-15;/h4-7,19H,3,8-13H2,1-2H3;1H. The summed E-state index contributed by atoms with van der Waals surface area (Å²) in [5.41, 5.74) is -0.697. The van der Waals surface area contributed by atoms with Crippen LogP contribution in [0.15, 0.2) is 24.3 Å². The summed E-state index contributed by atoms with van der Waals surface area (Å²) >= 11 is 0. The first-order chi connectivity index (χ1) is 11.1. The zero-order valence-corrected chi connectivity index (χ0v) is 15.0. The highest BCUT2D eigenvalue weighted by Gasteiger charge is 2.41. The molecule has 5 nitrogen and oxygen atoms in total. The van der Waals surface area contributed by atoms with E-state index in [1.54, 1.807) is 31.2 Å². The predicted octanol–water partition coefficient (Wildman–Crippen LogP) is 2.24. The Morgan fingerprint density at radius 1 is 1.29 bits per heavy atom. The summed E-state index contributed by atoms with van der Waals surface area (Å²) in [7, 11) is 3.40. The number of amides is 1. The van der Waals surface area contributed by atoms with Crippen molar-refractivity contribution >= 4 is 18.3 Å². The average Bonchev–Trinajstić information content (AvgIpc) is 2.60. The number of benzene rings is 1. The lowest BCUT2D eigenvalue weighted by Crippen LogP contribution is -2.54. The lowest BCUT2D eigenvalue weighted by atomic mass is 9.90. The fourth-order valence-electron chi connectivity index (χ4n) is 2.81. The number of ether oxygens (including phenoxy) is 2. The van der Waals surface area contributed by atoms with Crippen LogP contribution in [0.1, 0.15) is 19.3 Å². The quantitative estimate of drug-likeness (QED) is 0.758. The molecule has 0 unspecified atom stereocenters. The Kier molecular flexibility index (Phi) is 8.45. The van der Waals surface area contributed by atoms with Crippen LogP contribution >= 0.6 is 12.4 Å². The second-order valence-corrected chi connectivity index (χ2v) is 5.83. The number of piperidine rings is 1. The zero-order valence-electron chi connectivity index (χ0n) is 14.2. The van der Waals surface area contributed by atoms with E-state index in [1.165, 1.54) is 12.1 Å². The third kappa shape index (κ3) is 5.33. The normalized spacial score (nSPS) is 16.1. The van der Waals surface area contributed by atoms with E-state index < -0.39 is 5.60 Å². The molecule has 24 heavy (non-hydrogen) atoms. The highest BCUT2D eigenvalue weighted by molar-refractivity contribution is 5.85. The largest absolute Gasteiger partial charge is 0.494 e. The predicted molar refractivity (Wildman–Crippen MR) is 93.2 cm³/mol. The van der Waals surface area contributed by atoms with Crippen LogP contribution in [0.5, 0.6) is 5.75 Å². The van der Waals surface area contributed by atoms with Crippen LogP contribution in [0.25, 0.3) is 0 Å². The van der Waals surface area contributed by atoms with Gasteiger partial charge in [-0.3, -0.25) is 4.79 Å². The Bertz CT molecular complexity index is 507. The third-order valence-electron chi connectivity index (χ3n) is 4.26. The fourth-order valence-corrected chi connectivity index (χ4v) is 2.81. The maximum atomic E-state index is 12.8. The summed E-state index contributed by atoms with van der Waals surface area (Å²) in [4.78, 5) is 14.4. The van der Waals surface area contributed by atoms with E-state index in [2.05, 4.69) is 5.32 Å². The molecular formula is C17H26ClFN2O3. The monoisotopic (exact) mass is 360 g/mol. The second kappa shape index (κ2) is 9.81. The number of hydrogen-bond donors (Lipinski definition) is 1. The Hall–Kier alpha value is -1.37. The van der Waals surface area contributed by atoms with Crippen LogP contribution in [-0.4, -0.2) is 56.8 Å². The molecule has 7 heteroatoms. The van der Waals surface area contributed by atoms with Crippen LogP contribution in [0, 0.1) is 5.82 Å². The van der Waals surface area contributed by atoms with E-state index in [0.29, 0.717) is 38.2 Å². The molecule has 1 fully saturated rings. The highest BCUT2D eigenvalue weighted by atomic mass is 35.5. The van der Waals surface area contributed by atoms with E-state index in [-0.39, 0.29) is 24.1 Å². The summed E-state index contributed by atoms with van der Waals surface area (Å²) in [6.07, 6.45) is 2.09. The maximum Gasteiger partial charge on any atom is 0.254 e. The van der Waals surface area contributed by atoms with Gasteiger partial charge in [-0.15, -0.1) is 12.4 Å². The van der Waals surface area contributed by atoms with Crippen molar-refractivity contribution in [2.45, 2.75) is 24.9 Å². The zero-order chi connectivity index (χ0) is 16.7. The molecule has 1 aromatic carbocycles. The van der Waals surface area contributed by atoms with Crippen LogP contribution < -0.4 is 10.1 Å². The molecular weight excluding hydrogens is 335 g/mol. The lowest BCUT2D eigenvalue weighted by Gasteiger charge is -2.37. The van der Waals surface area contributed by atoms with Crippen LogP contribution in [0.3, 0.4) is 0 Å². The van der Waals surface area contributed by atoms with Crippen molar-refractivity contribution < 1.29 is 18.7 Å². The summed E-state index contributed by atoms with van der Waals surface area (Å²) in [6.45, 7) is 2.66. The van der Waals surface area contributed by atoms with Gasteiger partial charge in [-0.2, -0.15) is 0 Å². The van der Waals surface area contributed by atoms with Crippen molar-refractivity contribution in [3.63, 3.8) is 0 Å². The molecule has 0 aromatic heterocycles. The van der Waals surface area contributed by atoms with Gasteiger partial charge in [0.25, 0.3) is 5.91 Å². The minimum absolute atomic E-state index is 0. The molecule has 1 aliphatic rings. The Morgan fingerprint density at radius 3 is 2.50 bits per heavy atom. The molecule has 1 heterocycles. The van der Waals surface area contributed by atoms with Gasteiger partial charge in [-0.25, -0.2) is 4.39 Å². The molecule has 2 rings (SSSR count). The number of likely N-dealkylation sites (N-methyl/N-ethyl adjacent to an activating group) is 1. The van der Waals surface area contributed by atoms with Crippen molar-refractivity contribution in [1.82, 2.24) is 10.2 Å². The first kappa shape index (κ1) is 20.7. The molecule has 0 saturated carbocycles. The number of rotatable bonds is 7. The van der Waals surface area contributed by atoms with Gasteiger partial charge in [0.2, 0.25) is 0 Å². The SMILES string of the molecule is COC1(C(=O)N(C)CCCOc2ccc(F)cc2)CCNCC1.Cl. The van der Waals surface area contributed by atoms with Crippen LogP contribution in [0.4, 0.5) is 4.39 Å². The molecule has 0 spiro atoms. The highest BCUT2D eigenvalue weighted by Crippen LogP contribution is 2.24. The number of carbonyl (C=O) groups excluding carboxylic acids is 1. The summed E-state index contributed by atoms with van der Waals surface area (Å²) in [6, 6.07) is 5.92. The number of methoxy groups -OCH3 is 1. The molecule has 0 radical (unpaired) electrons. The van der Waals surface area contributed by atoms with E-state index in [9.17, 15) is 9.18 Å². The van der Waals surface area contributed by atoms with Gasteiger partial charge in [0.1, 0.15) is 17.2 Å². The molecule has 1 aliphatic heterocycles. The van der Waals surface area contributed by atoms with Gasteiger partial charge in [-0.1, -0.05) is 0 Å². The van der Waals surface area contributed by atoms with Crippen molar-refractivity contribution in [2.75, 3.05) is 40.4 Å². The van der Waals surface area contributed by atoms with Crippen molar-refractivity contribution in [1.29, 1.82) is 0 Å². The van der Waals surface area contributed by atoms with Crippen molar-refractivity contribution in [3.8, 4) is 5.75 Å². The summed E-state index contributed by atoms with van der Waals surface area (Å²) in [5.74, 6) is 0.380. The summed E-state index contributed by atoms with van der Waals surface area (Å²) in [5, 5.41) is 3.24. The topological polar surface area (TPSA) is 50.8 Å². The van der Waals surface area contributed by atoms with E-state index in [0.717, 1.165) is 13.1 Å². The van der Waals surface area contributed by atoms with E-state index in [4.69, 9.17) is 9.47 Å². The molecule has 1 aromatic rings. The number of carbonyl (C=O) groups is 1. The second-order valence-electron chi connectivity index (χ2n) is 5.83. The molecule has 1 N–H and O–H groups in total. The Morgan fingerprint density at radius 2 is 1.92 bits per heavy atom. The maximum absolute atomic E-state index is 12.8. The molecule has 136 valence electrons. The molecule has 1 saturated heterocycles. The fraction of sp³-hybridized carbons (Fsp3) is 0.588. The first-order valence-corrected chi connectivity index (χ1v) is 7.97. The average molecular weight is 361 g/mol. The first-order valence-electron chi connectivity index (χ1n) is 7.97. The van der Waals surface area contributed by atoms with Gasteiger partial charge in [0, 0.05) is 20.7 Å². The third-order valence-corrected chi connectivity index (χ3v) is 4.26. The molecule has 0 aliphatic carbocycles. The van der Waals surface area contributed by atoms with Gasteiger partial charge < -0.3 is 19.7 Å². The lowest BCUT2D eigenvalue weighted by molar-refractivity contribution is -0.157. The summed E-state index contributed by atoms with van der Waals surface area (Å²) < 4.78 is 23.9. The van der Waals surface area contributed by atoms with Crippen molar-refractivity contribution in [2.24, 2.45) is 0 Å². The van der Waals surface area contributed by atoms with Gasteiger partial charge in [0.15, 0.2) is 0 Å². The minimum atomic E-state index is -0.697. The smallest absolute Gasteiger partial charge is 0.254 e. The van der Waals surface area contributed by atoms with E-state index >= 15 is 0 Å². The number of nitrogens with one attached hydrogen (secondary N) is 1. The molecule has 0 bridgehead atoms. The molecule has 0 atom stereocenters. The Balaban J connectivity index is 0.00000288. The van der Waals surface area contributed by atoms with Crippen molar-refractivity contribution in [3.05, 3.63) is 30.1 Å². The number of nitrogens with zero attached hydrogens (tertiary/aromatic N) is 1. The Labute approximate surface area is 148 Å². The number of hydrogen-bond acceptors (Lipinski definition) is 4. The number of halogens is 2. The van der Waals surface area contributed by atoms with Gasteiger partial charge in [-0.05, 0) is 56.6 Å². The van der Waals surface area contributed by atoms with E-state index in [1.807, 2.05) is 0 Å². The van der Waals surface area contributed by atoms with Gasteiger partial charge in [0.05, 0.1) is 6.61 Å². The molecule has 1 amide bonds. The minimum Gasteiger partial charge on any atom is -0.494 e. The van der Waals surface area contributed by atoms with Crippen LogP contribution in [0.2, 0.25) is 0 Å². The van der Waals surface area contributed by atoms with Crippen LogP contribution in [-0.2, 0) is 9.53 Å². The van der Waals surface area contributed by atoms with Gasteiger partial charge >= 0.3 is 0 Å².